The number of thiophene rings is 1. The van der Waals surface area contributed by atoms with Crippen LogP contribution in [0.5, 0.6) is 0 Å². The van der Waals surface area contributed by atoms with Crippen LogP contribution < -0.4 is 10.2 Å². The summed E-state index contributed by atoms with van der Waals surface area (Å²) in [6.07, 6.45) is -2.55. The molecule has 1 N–H and O–H groups in total. The molecule has 0 aliphatic carbocycles. The minimum Gasteiger partial charge on any atom is -0.410 e. The van der Waals surface area contributed by atoms with E-state index < -0.39 is 17.6 Å². The quantitative estimate of drug-likeness (QED) is 0.520. The number of hydrogen-bond donors (Lipinski definition) is 1. The Morgan fingerprint density at radius 3 is 2.73 bits per heavy atom. The molecule has 6 nitrogen and oxygen atoms in total. The molecule has 3 aromatic rings. The van der Waals surface area contributed by atoms with Gasteiger partial charge >= 0.3 is 6.18 Å². The number of aromatic nitrogens is 2. The number of nitrogens with zero attached hydrogens (tertiary/aromatic N) is 3. The van der Waals surface area contributed by atoms with E-state index in [0.717, 1.165) is 54.7 Å². The predicted molar refractivity (Wildman–Crippen MR) is 110 cm³/mol. The number of hydrogen-bond acceptors (Lipinski definition) is 7. The Labute approximate surface area is 178 Å². The first-order valence-electron chi connectivity index (χ1n) is 9.16. The highest BCUT2D eigenvalue weighted by atomic mass is 32.2. The van der Waals surface area contributed by atoms with Crippen LogP contribution in [-0.4, -0.2) is 34.9 Å². The number of carbonyl (C=O) groups is 1. The summed E-state index contributed by atoms with van der Waals surface area (Å²) in [5.74, 6) is -0.153. The molecule has 4 rings (SSSR count). The van der Waals surface area contributed by atoms with Gasteiger partial charge in [-0.25, -0.2) is 0 Å². The lowest BCUT2D eigenvalue weighted by molar-refractivity contribution is -0.137. The van der Waals surface area contributed by atoms with Crippen molar-refractivity contribution in [2.75, 3.05) is 29.1 Å². The number of rotatable bonds is 6. The standard InChI is InChI=1S/C19H17F3N4O2S2/c20-19(21,22)12-5-6-14(26-7-1-2-8-26)13(10-12)23-16(27)11-30-18-25-24-17(28-18)15-4-3-9-29-15/h3-6,9-10H,1-2,7-8,11H2,(H,23,27). The molecule has 158 valence electrons. The van der Waals surface area contributed by atoms with Crippen LogP contribution in [-0.2, 0) is 11.0 Å². The molecule has 30 heavy (non-hydrogen) atoms. The molecule has 1 saturated heterocycles. The first-order valence-corrected chi connectivity index (χ1v) is 11.0. The molecule has 1 amide bonds. The van der Waals surface area contributed by atoms with Crippen LogP contribution in [0.4, 0.5) is 24.5 Å². The lowest BCUT2D eigenvalue weighted by Crippen LogP contribution is -2.22. The number of halogens is 3. The number of amides is 1. The van der Waals surface area contributed by atoms with Gasteiger partial charge in [0.2, 0.25) is 5.91 Å². The van der Waals surface area contributed by atoms with Gasteiger partial charge in [-0.15, -0.1) is 21.5 Å². The Balaban J connectivity index is 1.45. The van der Waals surface area contributed by atoms with E-state index in [2.05, 4.69) is 15.5 Å². The van der Waals surface area contributed by atoms with Gasteiger partial charge in [0, 0.05) is 13.1 Å². The number of benzene rings is 1. The van der Waals surface area contributed by atoms with Gasteiger partial charge in [-0.2, -0.15) is 13.2 Å². The lowest BCUT2D eigenvalue weighted by Gasteiger charge is -2.22. The van der Waals surface area contributed by atoms with Gasteiger partial charge in [-0.3, -0.25) is 4.79 Å². The average Bonchev–Trinajstić information content (AvgIpc) is 3.48. The number of thioether (sulfide) groups is 1. The number of anilines is 2. The molecule has 1 aliphatic heterocycles. The van der Waals surface area contributed by atoms with E-state index in [9.17, 15) is 18.0 Å². The van der Waals surface area contributed by atoms with Crippen LogP contribution in [0.3, 0.4) is 0 Å². The minimum atomic E-state index is -4.49. The number of carbonyl (C=O) groups excluding carboxylic acids is 1. The van der Waals surface area contributed by atoms with Crippen LogP contribution in [0.1, 0.15) is 18.4 Å². The van der Waals surface area contributed by atoms with Crippen LogP contribution in [0.15, 0.2) is 45.4 Å². The molecule has 11 heteroatoms. The Bertz CT molecular complexity index is 1020. The highest BCUT2D eigenvalue weighted by molar-refractivity contribution is 7.99. The molecule has 2 aromatic heterocycles. The van der Waals surface area contributed by atoms with E-state index in [1.165, 1.54) is 17.4 Å². The molecule has 0 unspecified atom stereocenters. The predicted octanol–water partition coefficient (Wildman–Crippen LogP) is 5.15. The highest BCUT2D eigenvalue weighted by Crippen LogP contribution is 2.36. The van der Waals surface area contributed by atoms with Gasteiger partial charge < -0.3 is 14.6 Å². The Hall–Kier alpha value is -2.53. The second-order valence-corrected chi connectivity index (χ2v) is 8.49. The normalized spacial score (nSPS) is 14.3. The fourth-order valence-electron chi connectivity index (χ4n) is 3.13. The molecular weight excluding hydrogens is 437 g/mol. The second-order valence-electron chi connectivity index (χ2n) is 6.61. The second kappa shape index (κ2) is 8.68. The van der Waals surface area contributed by atoms with Crippen molar-refractivity contribution in [2.24, 2.45) is 0 Å². The molecule has 0 bridgehead atoms. The third-order valence-electron chi connectivity index (χ3n) is 4.51. The highest BCUT2D eigenvalue weighted by Gasteiger charge is 2.32. The summed E-state index contributed by atoms with van der Waals surface area (Å²) < 4.78 is 44.9. The third-order valence-corrected chi connectivity index (χ3v) is 6.19. The van der Waals surface area contributed by atoms with Crippen LogP contribution in [0.25, 0.3) is 10.8 Å². The molecule has 3 heterocycles. The van der Waals surface area contributed by atoms with E-state index in [4.69, 9.17) is 4.42 Å². The third kappa shape index (κ3) is 4.78. The molecule has 0 saturated carbocycles. The number of alkyl halides is 3. The Morgan fingerprint density at radius 1 is 1.23 bits per heavy atom. The zero-order valence-corrected chi connectivity index (χ0v) is 17.2. The van der Waals surface area contributed by atoms with Gasteiger partial charge in [0.05, 0.1) is 27.6 Å². The van der Waals surface area contributed by atoms with Crippen LogP contribution in [0.2, 0.25) is 0 Å². The largest absolute Gasteiger partial charge is 0.416 e. The smallest absolute Gasteiger partial charge is 0.410 e. The maximum absolute atomic E-state index is 13.1. The average molecular weight is 454 g/mol. The van der Waals surface area contributed by atoms with E-state index in [-0.39, 0.29) is 16.7 Å². The molecule has 1 aliphatic rings. The van der Waals surface area contributed by atoms with Crippen LogP contribution in [0, 0.1) is 0 Å². The molecule has 0 radical (unpaired) electrons. The van der Waals surface area contributed by atoms with Crippen molar-refractivity contribution in [1.29, 1.82) is 0 Å². The van der Waals surface area contributed by atoms with E-state index in [1.807, 2.05) is 22.4 Å². The summed E-state index contributed by atoms with van der Waals surface area (Å²) >= 11 is 2.48. The van der Waals surface area contributed by atoms with Crippen molar-refractivity contribution < 1.29 is 22.4 Å². The van der Waals surface area contributed by atoms with Gasteiger partial charge in [-0.1, -0.05) is 17.8 Å². The molecule has 1 aromatic carbocycles. The summed E-state index contributed by atoms with van der Waals surface area (Å²) in [6, 6.07) is 7.15. The van der Waals surface area contributed by atoms with Crippen molar-refractivity contribution in [3.8, 4) is 10.8 Å². The Morgan fingerprint density at radius 2 is 2.03 bits per heavy atom. The fraction of sp³-hybridized carbons (Fsp3) is 0.316. The van der Waals surface area contributed by atoms with Gasteiger partial charge in [0.15, 0.2) is 0 Å². The first-order chi connectivity index (χ1) is 14.4. The summed E-state index contributed by atoms with van der Waals surface area (Å²) in [7, 11) is 0. The van der Waals surface area contributed by atoms with E-state index in [1.54, 1.807) is 0 Å². The van der Waals surface area contributed by atoms with Crippen molar-refractivity contribution >= 4 is 40.4 Å². The zero-order valence-electron chi connectivity index (χ0n) is 15.6. The molecule has 1 fully saturated rings. The topological polar surface area (TPSA) is 71.3 Å². The zero-order chi connectivity index (χ0) is 21.1. The summed E-state index contributed by atoms with van der Waals surface area (Å²) in [6.45, 7) is 1.49. The van der Waals surface area contributed by atoms with Gasteiger partial charge in [0.1, 0.15) is 0 Å². The van der Waals surface area contributed by atoms with Crippen molar-refractivity contribution in [1.82, 2.24) is 10.2 Å². The van der Waals surface area contributed by atoms with Gasteiger partial charge in [-0.05, 0) is 42.5 Å². The van der Waals surface area contributed by atoms with Crippen LogP contribution >= 0.6 is 23.1 Å². The summed E-state index contributed by atoms with van der Waals surface area (Å²) in [5, 5.41) is 12.5. The fourth-order valence-corrected chi connectivity index (χ4v) is 4.34. The summed E-state index contributed by atoms with van der Waals surface area (Å²) in [5.41, 5.74) is -0.0513. The van der Waals surface area contributed by atoms with Crippen molar-refractivity contribution in [3.63, 3.8) is 0 Å². The monoisotopic (exact) mass is 454 g/mol. The van der Waals surface area contributed by atoms with Gasteiger partial charge in [0.25, 0.3) is 11.1 Å². The number of nitrogens with one attached hydrogen (secondary N) is 1. The van der Waals surface area contributed by atoms with E-state index in [0.29, 0.717) is 11.6 Å². The maximum atomic E-state index is 13.1. The Kier molecular flexibility index (Phi) is 6.00. The van der Waals surface area contributed by atoms with E-state index >= 15 is 0 Å². The lowest BCUT2D eigenvalue weighted by atomic mass is 10.1. The SMILES string of the molecule is O=C(CSc1nnc(-c2cccs2)o1)Nc1cc(C(F)(F)F)ccc1N1CCCC1. The minimum absolute atomic E-state index is 0.0677. The van der Waals surface area contributed by atoms with Crippen molar-refractivity contribution in [2.45, 2.75) is 24.2 Å². The summed E-state index contributed by atoms with van der Waals surface area (Å²) in [4.78, 5) is 15.2. The molecule has 0 atom stereocenters. The first kappa shape index (κ1) is 20.7. The molecular formula is C19H17F3N4O2S2. The molecule has 0 spiro atoms. The maximum Gasteiger partial charge on any atom is 0.416 e. The van der Waals surface area contributed by atoms with Crippen molar-refractivity contribution in [3.05, 3.63) is 41.3 Å².